The fraction of sp³-hybridized carbons (Fsp3) is 0.500. The van der Waals surface area contributed by atoms with Crippen LogP contribution in [0.1, 0.15) is 6.92 Å². The van der Waals surface area contributed by atoms with Gasteiger partial charge in [-0.15, -0.1) is 0 Å². The molecule has 1 aliphatic heterocycles. The zero-order chi connectivity index (χ0) is 9.52. The second-order valence-corrected chi connectivity index (χ2v) is 2.69. The van der Waals surface area contributed by atoms with E-state index in [2.05, 4.69) is 0 Å². The van der Waals surface area contributed by atoms with E-state index in [4.69, 9.17) is 11.5 Å². The SMILES string of the molecule is CC(=O)N1CC1(C(N)=O)C(N)=O. The Balaban J connectivity index is 2.90. The van der Waals surface area contributed by atoms with Crippen molar-refractivity contribution in [3.05, 3.63) is 0 Å². The van der Waals surface area contributed by atoms with Crippen molar-refractivity contribution in [3.8, 4) is 0 Å². The number of hydrogen-bond donors (Lipinski definition) is 2. The highest BCUT2D eigenvalue weighted by atomic mass is 16.2. The fourth-order valence-corrected chi connectivity index (χ4v) is 1.12. The zero-order valence-electron chi connectivity index (χ0n) is 6.53. The summed E-state index contributed by atoms with van der Waals surface area (Å²) >= 11 is 0. The quantitative estimate of drug-likeness (QED) is 0.356. The van der Waals surface area contributed by atoms with Crippen LogP contribution in [0.3, 0.4) is 0 Å². The molecule has 3 amide bonds. The number of carbonyl (C=O) groups is 3. The summed E-state index contributed by atoms with van der Waals surface area (Å²) in [4.78, 5) is 33.3. The molecule has 1 rings (SSSR count). The average Bonchev–Trinajstić information content (AvgIpc) is 2.60. The molecule has 1 fully saturated rings. The van der Waals surface area contributed by atoms with Gasteiger partial charge in [-0.25, -0.2) is 0 Å². The molecule has 6 nitrogen and oxygen atoms in total. The second kappa shape index (κ2) is 2.20. The number of nitrogens with two attached hydrogens (primary N) is 2. The first kappa shape index (κ1) is 8.51. The van der Waals surface area contributed by atoms with Crippen molar-refractivity contribution in [3.63, 3.8) is 0 Å². The van der Waals surface area contributed by atoms with Crippen LogP contribution in [0.5, 0.6) is 0 Å². The lowest BCUT2D eigenvalue weighted by Crippen LogP contribution is -2.47. The van der Waals surface area contributed by atoms with Crippen LogP contribution in [0.2, 0.25) is 0 Å². The Hall–Kier alpha value is -1.59. The number of primary amides is 2. The minimum atomic E-state index is -1.55. The first-order valence-corrected chi connectivity index (χ1v) is 3.31. The molecule has 66 valence electrons. The molecule has 0 bridgehead atoms. The van der Waals surface area contributed by atoms with E-state index in [0.717, 1.165) is 4.90 Å². The van der Waals surface area contributed by atoms with Crippen LogP contribution in [0.25, 0.3) is 0 Å². The fourth-order valence-electron chi connectivity index (χ4n) is 1.12. The third-order valence-electron chi connectivity index (χ3n) is 1.94. The molecule has 0 saturated carbocycles. The minimum Gasteiger partial charge on any atom is -0.367 e. The lowest BCUT2D eigenvalue weighted by Gasteiger charge is -2.07. The minimum absolute atomic E-state index is 0.00694. The summed E-state index contributed by atoms with van der Waals surface area (Å²) in [5.41, 5.74) is 8.31. The van der Waals surface area contributed by atoms with Gasteiger partial charge in [-0.05, 0) is 0 Å². The van der Waals surface area contributed by atoms with Gasteiger partial charge in [0.05, 0.1) is 6.54 Å². The number of nitrogens with zero attached hydrogens (tertiary/aromatic N) is 1. The van der Waals surface area contributed by atoms with E-state index >= 15 is 0 Å². The molecular formula is C6H9N3O3. The second-order valence-electron chi connectivity index (χ2n) is 2.69. The lowest BCUT2D eigenvalue weighted by atomic mass is 10.1. The van der Waals surface area contributed by atoms with Crippen molar-refractivity contribution >= 4 is 17.7 Å². The molecule has 6 heteroatoms. The van der Waals surface area contributed by atoms with Gasteiger partial charge < -0.3 is 16.4 Å². The highest BCUT2D eigenvalue weighted by molar-refractivity contribution is 6.15. The summed E-state index contributed by atoms with van der Waals surface area (Å²) in [5, 5.41) is 0. The van der Waals surface area contributed by atoms with Crippen molar-refractivity contribution in [2.75, 3.05) is 6.54 Å². The third kappa shape index (κ3) is 0.843. The molecule has 1 saturated heterocycles. The van der Waals surface area contributed by atoms with Gasteiger partial charge in [0.2, 0.25) is 11.4 Å². The summed E-state index contributed by atoms with van der Waals surface area (Å²) in [7, 11) is 0. The molecule has 4 N–H and O–H groups in total. The number of carbonyl (C=O) groups excluding carboxylic acids is 3. The van der Waals surface area contributed by atoms with Crippen LogP contribution < -0.4 is 11.5 Å². The van der Waals surface area contributed by atoms with Gasteiger partial charge in [0.25, 0.3) is 11.8 Å². The predicted octanol–water partition coefficient (Wildman–Crippen LogP) is -2.44. The van der Waals surface area contributed by atoms with Crippen molar-refractivity contribution in [2.24, 2.45) is 11.5 Å². The first-order chi connectivity index (χ1) is 5.43. The van der Waals surface area contributed by atoms with Gasteiger partial charge in [0.15, 0.2) is 0 Å². The van der Waals surface area contributed by atoms with Gasteiger partial charge in [-0.1, -0.05) is 0 Å². The largest absolute Gasteiger partial charge is 0.367 e. The summed E-state index contributed by atoms with van der Waals surface area (Å²) < 4.78 is 0. The first-order valence-electron chi connectivity index (χ1n) is 3.31. The molecule has 1 aliphatic rings. The van der Waals surface area contributed by atoms with Crippen LogP contribution in [-0.4, -0.2) is 34.7 Å². The smallest absolute Gasteiger partial charge is 0.255 e. The topological polar surface area (TPSA) is 106 Å². The molecule has 0 aliphatic carbocycles. The van der Waals surface area contributed by atoms with E-state index in [0.29, 0.717) is 0 Å². The molecule has 0 radical (unpaired) electrons. The predicted molar refractivity (Wildman–Crippen MR) is 38.5 cm³/mol. The molecule has 12 heavy (non-hydrogen) atoms. The summed E-state index contributed by atoms with van der Waals surface area (Å²) in [6, 6.07) is 0. The molecule has 1 heterocycles. The molecule has 0 aromatic rings. The summed E-state index contributed by atoms with van der Waals surface area (Å²) in [6.07, 6.45) is 0. The van der Waals surface area contributed by atoms with Crippen LogP contribution in [0, 0.1) is 0 Å². The van der Waals surface area contributed by atoms with Gasteiger partial charge >= 0.3 is 0 Å². The Labute approximate surface area is 68.5 Å². The average molecular weight is 171 g/mol. The number of rotatable bonds is 2. The Morgan fingerprint density at radius 2 is 1.67 bits per heavy atom. The van der Waals surface area contributed by atoms with Gasteiger partial charge in [-0.3, -0.25) is 14.4 Å². The van der Waals surface area contributed by atoms with Crippen LogP contribution in [0.15, 0.2) is 0 Å². The monoisotopic (exact) mass is 171 g/mol. The molecule has 0 aromatic carbocycles. The van der Waals surface area contributed by atoms with E-state index < -0.39 is 17.4 Å². The Bertz CT molecular complexity index is 259. The van der Waals surface area contributed by atoms with Crippen molar-refractivity contribution in [1.29, 1.82) is 0 Å². The maximum Gasteiger partial charge on any atom is 0.255 e. The van der Waals surface area contributed by atoms with Gasteiger partial charge in [0, 0.05) is 6.92 Å². The van der Waals surface area contributed by atoms with Crippen LogP contribution >= 0.6 is 0 Å². The number of hydrogen-bond acceptors (Lipinski definition) is 3. The van der Waals surface area contributed by atoms with Crippen LogP contribution in [-0.2, 0) is 14.4 Å². The molecular weight excluding hydrogens is 162 g/mol. The molecule has 0 unspecified atom stereocenters. The highest BCUT2D eigenvalue weighted by Crippen LogP contribution is 2.31. The molecule has 0 atom stereocenters. The third-order valence-corrected chi connectivity index (χ3v) is 1.94. The van der Waals surface area contributed by atoms with Crippen molar-refractivity contribution in [2.45, 2.75) is 12.5 Å². The highest BCUT2D eigenvalue weighted by Gasteiger charge is 2.64. The van der Waals surface area contributed by atoms with E-state index in [1.807, 2.05) is 0 Å². The molecule has 0 aromatic heterocycles. The van der Waals surface area contributed by atoms with E-state index in [9.17, 15) is 14.4 Å². The molecule has 0 spiro atoms. The van der Waals surface area contributed by atoms with E-state index in [-0.39, 0.29) is 12.5 Å². The van der Waals surface area contributed by atoms with E-state index in [1.165, 1.54) is 6.92 Å². The lowest BCUT2D eigenvalue weighted by molar-refractivity contribution is -0.136. The Kier molecular flexibility index (Phi) is 1.56. The Morgan fingerprint density at radius 1 is 1.25 bits per heavy atom. The normalized spacial score (nSPS) is 18.6. The summed E-state index contributed by atoms with van der Waals surface area (Å²) in [5.74, 6) is -2.12. The maximum absolute atomic E-state index is 10.8. The van der Waals surface area contributed by atoms with Gasteiger partial charge in [0.1, 0.15) is 0 Å². The van der Waals surface area contributed by atoms with Crippen molar-refractivity contribution in [1.82, 2.24) is 4.90 Å². The zero-order valence-corrected chi connectivity index (χ0v) is 6.53. The van der Waals surface area contributed by atoms with Gasteiger partial charge in [-0.2, -0.15) is 0 Å². The van der Waals surface area contributed by atoms with Crippen LogP contribution in [0.4, 0.5) is 0 Å². The van der Waals surface area contributed by atoms with Crippen molar-refractivity contribution < 1.29 is 14.4 Å². The summed E-state index contributed by atoms with van der Waals surface area (Å²) in [6.45, 7) is 1.25. The van der Waals surface area contributed by atoms with E-state index in [1.54, 1.807) is 0 Å². The number of amides is 3. The maximum atomic E-state index is 10.8. The standard InChI is InChI=1S/C6H9N3O3/c1-3(10)9-2-6(9,4(7)11)5(8)12/h2H2,1H3,(H2,7,11)(H2,8,12). The Morgan fingerprint density at radius 3 is 1.75 bits per heavy atom.